The zero-order valence-corrected chi connectivity index (χ0v) is 21.2. The number of sulfonamides is 1. The van der Waals surface area contributed by atoms with Gasteiger partial charge in [-0.3, -0.25) is 0 Å². The monoisotopic (exact) mass is 515 g/mol. The number of piperazine rings is 1. The summed E-state index contributed by atoms with van der Waals surface area (Å²) in [7, 11) is -3.64. The van der Waals surface area contributed by atoms with E-state index in [9.17, 15) is 13.2 Å². The molecule has 0 aliphatic carbocycles. The maximum absolute atomic E-state index is 13.2. The van der Waals surface area contributed by atoms with Gasteiger partial charge in [-0.15, -0.1) is 0 Å². The number of hydrogen-bond donors (Lipinski definition) is 0. The Bertz CT molecular complexity index is 1270. The van der Waals surface area contributed by atoms with Crippen LogP contribution in [0.2, 0.25) is 0 Å². The van der Waals surface area contributed by atoms with Gasteiger partial charge < -0.3 is 23.5 Å². The molecule has 0 bridgehead atoms. The van der Waals surface area contributed by atoms with Crippen LogP contribution in [0.15, 0.2) is 64.2 Å². The molecular weight excluding hydrogens is 486 g/mol. The van der Waals surface area contributed by atoms with Gasteiger partial charge in [0.15, 0.2) is 0 Å². The summed E-state index contributed by atoms with van der Waals surface area (Å²) in [4.78, 5) is 18.4. The third-order valence-corrected chi connectivity index (χ3v) is 7.43. The van der Waals surface area contributed by atoms with E-state index in [1.54, 1.807) is 43.3 Å². The number of nitrogens with zero attached hydrogens (tertiary/aromatic N) is 3. The van der Waals surface area contributed by atoms with Crippen molar-refractivity contribution in [1.82, 2.24) is 9.29 Å². The van der Waals surface area contributed by atoms with Crippen LogP contribution in [0.25, 0.3) is 11.5 Å². The Balaban J connectivity index is 1.47. The SMILES string of the molecule is CCOC(=O)Oc1cc(N2CCN(S(=O)(=O)c3ccc(OC(C)C)cc3)CC2)ccc1-c1ncco1. The Morgan fingerprint density at radius 1 is 1.08 bits per heavy atom. The van der Waals surface area contributed by atoms with Gasteiger partial charge in [0.25, 0.3) is 0 Å². The average molecular weight is 516 g/mol. The number of ether oxygens (including phenoxy) is 3. The molecule has 1 saturated heterocycles. The summed E-state index contributed by atoms with van der Waals surface area (Å²) in [5.41, 5.74) is 1.28. The maximum Gasteiger partial charge on any atom is 0.513 e. The molecule has 4 rings (SSSR count). The fourth-order valence-electron chi connectivity index (χ4n) is 3.86. The lowest BCUT2D eigenvalue weighted by atomic mass is 10.1. The van der Waals surface area contributed by atoms with E-state index in [4.69, 9.17) is 18.6 Å². The molecule has 2 heterocycles. The molecule has 0 N–H and O–H groups in total. The molecule has 10 nitrogen and oxygen atoms in total. The Hall–Kier alpha value is -3.57. The molecule has 1 fully saturated rings. The zero-order valence-electron chi connectivity index (χ0n) is 20.4. The summed E-state index contributed by atoms with van der Waals surface area (Å²) in [5.74, 6) is 1.18. The van der Waals surface area contributed by atoms with E-state index in [1.165, 1.54) is 16.8 Å². The van der Waals surface area contributed by atoms with Gasteiger partial charge in [-0.2, -0.15) is 4.31 Å². The van der Waals surface area contributed by atoms with Crippen LogP contribution in [0.4, 0.5) is 10.5 Å². The number of carbonyl (C=O) groups excluding carboxylic acids is 1. The molecule has 1 aromatic heterocycles. The third-order valence-electron chi connectivity index (χ3n) is 5.52. The molecule has 0 amide bonds. The Kier molecular flexibility index (Phi) is 7.80. The second-order valence-electron chi connectivity index (χ2n) is 8.33. The lowest BCUT2D eigenvalue weighted by Crippen LogP contribution is -2.48. The number of aromatic nitrogens is 1. The zero-order chi connectivity index (χ0) is 25.7. The maximum atomic E-state index is 13.2. The van der Waals surface area contributed by atoms with E-state index in [-0.39, 0.29) is 23.4 Å². The smallest absolute Gasteiger partial charge is 0.491 e. The van der Waals surface area contributed by atoms with Crippen LogP contribution < -0.4 is 14.4 Å². The van der Waals surface area contributed by atoms with Gasteiger partial charge in [0.05, 0.1) is 29.4 Å². The topological polar surface area (TPSA) is 111 Å². The third kappa shape index (κ3) is 5.80. The minimum atomic E-state index is -3.64. The number of hydrogen-bond acceptors (Lipinski definition) is 9. The van der Waals surface area contributed by atoms with Crippen LogP contribution in [0.5, 0.6) is 11.5 Å². The lowest BCUT2D eigenvalue weighted by Gasteiger charge is -2.35. The van der Waals surface area contributed by atoms with E-state index in [1.807, 2.05) is 24.8 Å². The molecule has 3 aromatic rings. The van der Waals surface area contributed by atoms with Crippen LogP contribution >= 0.6 is 0 Å². The average Bonchev–Trinajstić information content (AvgIpc) is 3.39. The van der Waals surface area contributed by atoms with Crippen LogP contribution in [-0.2, 0) is 14.8 Å². The van der Waals surface area contributed by atoms with Crippen LogP contribution in [0.1, 0.15) is 20.8 Å². The van der Waals surface area contributed by atoms with Gasteiger partial charge in [0.1, 0.15) is 17.8 Å². The molecule has 0 saturated carbocycles. The normalized spacial score (nSPS) is 14.6. The van der Waals surface area contributed by atoms with Crippen molar-refractivity contribution >= 4 is 21.9 Å². The first-order chi connectivity index (χ1) is 17.3. The molecule has 2 aromatic carbocycles. The highest BCUT2D eigenvalue weighted by Crippen LogP contribution is 2.34. The Labute approximate surface area is 210 Å². The number of rotatable bonds is 8. The van der Waals surface area contributed by atoms with Crippen molar-refractivity contribution in [3.63, 3.8) is 0 Å². The van der Waals surface area contributed by atoms with Crippen molar-refractivity contribution in [1.29, 1.82) is 0 Å². The quantitative estimate of drug-likeness (QED) is 0.322. The highest BCUT2D eigenvalue weighted by atomic mass is 32.2. The largest absolute Gasteiger partial charge is 0.513 e. The van der Waals surface area contributed by atoms with Gasteiger partial charge >= 0.3 is 6.16 Å². The van der Waals surface area contributed by atoms with E-state index >= 15 is 0 Å². The molecule has 1 aliphatic rings. The molecule has 1 aliphatic heterocycles. The summed E-state index contributed by atoms with van der Waals surface area (Å²) >= 11 is 0. The van der Waals surface area contributed by atoms with Crippen molar-refractivity contribution < 1.29 is 31.8 Å². The standard InChI is InChI=1S/C25H29N3O7S/c1-4-32-25(29)35-23-17-19(5-10-22(23)24-26-11-16-33-24)27-12-14-28(15-13-27)36(30,31)21-8-6-20(7-9-21)34-18(2)3/h5-11,16-18H,4,12-15H2,1-3H3. The van der Waals surface area contributed by atoms with E-state index in [2.05, 4.69) is 4.98 Å². The molecule has 0 unspecified atom stereocenters. The van der Waals surface area contributed by atoms with Crippen molar-refractivity contribution in [2.75, 3.05) is 37.7 Å². The van der Waals surface area contributed by atoms with Gasteiger partial charge in [-0.05, 0) is 57.2 Å². The molecule has 0 atom stereocenters. The first-order valence-electron chi connectivity index (χ1n) is 11.7. The Morgan fingerprint density at radius 3 is 2.42 bits per heavy atom. The van der Waals surface area contributed by atoms with Crippen LogP contribution in [-0.4, -0.2) is 62.8 Å². The van der Waals surface area contributed by atoms with Gasteiger partial charge in [0, 0.05) is 37.9 Å². The van der Waals surface area contributed by atoms with Crippen molar-refractivity contribution in [3.8, 4) is 23.0 Å². The minimum absolute atomic E-state index is 0.00755. The molecular formula is C25H29N3O7S. The van der Waals surface area contributed by atoms with Crippen molar-refractivity contribution in [2.45, 2.75) is 31.8 Å². The molecule has 0 radical (unpaired) electrons. The van der Waals surface area contributed by atoms with Gasteiger partial charge in [-0.1, -0.05) is 0 Å². The van der Waals surface area contributed by atoms with E-state index < -0.39 is 16.2 Å². The Morgan fingerprint density at radius 2 is 1.81 bits per heavy atom. The fourth-order valence-corrected chi connectivity index (χ4v) is 5.28. The summed E-state index contributed by atoms with van der Waals surface area (Å²) in [6, 6.07) is 11.8. The van der Waals surface area contributed by atoms with Crippen LogP contribution in [0.3, 0.4) is 0 Å². The predicted octanol–water partition coefficient (Wildman–Crippen LogP) is 4.18. The van der Waals surface area contributed by atoms with Crippen LogP contribution in [0, 0.1) is 0 Å². The predicted molar refractivity (Wildman–Crippen MR) is 133 cm³/mol. The first-order valence-corrected chi connectivity index (χ1v) is 13.1. The second kappa shape index (κ2) is 11.0. The van der Waals surface area contributed by atoms with Gasteiger partial charge in [-0.25, -0.2) is 18.2 Å². The van der Waals surface area contributed by atoms with E-state index in [0.717, 1.165) is 5.69 Å². The summed E-state index contributed by atoms with van der Waals surface area (Å²) in [6.07, 6.45) is 2.11. The van der Waals surface area contributed by atoms with Crippen molar-refractivity contribution in [2.24, 2.45) is 0 Å². The number of benzene rings is 2. The lowest BCUT2D eigenvalue weighted by molar-refractivity contribution is 0.104. The fraction of sp³-hybridized carbons (Fsp3) is 0.360. The number of carbonyl (C=O) groups is 1. The highest BCUT2D eigenvalue weighted by Gasteiger charge is 2.29. The summed E-state index contributed by atoms with van der Waals surface area (Å²) in [5, 5.41) is 0. The number of anilines is 1. The second-order valence-corrected chi connectivity index (χ2v) is 10.3. The van der Waals surface area contributed by atoms with E-state index in [0.29, 0.717) is 43.4 Å². The molecule has 192 valence electrons. The summed E-state index contributed by atoms with van der Waals surface area (Å²) < 4.78 is 49.1. The number of oxazole rings is 1. The van der Waals surface area contributed by atoms with Gasteiger partial charge in [0.2, 0.25) is 15.9 Å². The molecule has 36 heavy (non-hydrogen) atoms. The van der Waals surface area contributed by atoms with Crippen molar-refractivity contribution in [3.05, 3.63) is 54.9 Å². The molecule has 11 heteroatoms. The minimum Gasteiger partial charge on any atom is -0.491 e. The first kappa shape index (κ1) is 25.5. The molecule has 0 spiro atoms. The highest BCUT2D eigenvalue weighted by molar-refractivity contribution is 7.89. The summed E-state index contributed by atoms with van der Waals surface area (Å²) in [6.45, 7) is 7.24.